The topological polar surface area (TPSA) is 81.7 Å². The molecule has 1 aliphatic rings. The molecular weight excluding hydrogens is 410 g/mol. The van der Waals surface area contributed by atoms with E-state index in [2.05, 4.69) is 4.90 Å². The van der Waals surface area contributed by atoms with Crippen LogP contribution in [0.1, 0.15) is 13.8 Å². The van der Waals surface area contributed by atoms with Crippen LogP contribution in [0.4, 0.5) is 5.69 Å². The second-order valence-corrected chi connectivity index (χ2v) is 7.80. The monoisotopic (exact) mass is 439 g/mol. The van der Waals surface area contributed by atoms with Crippen LogP contribution < -0.4 is 20.9 Å². The Morgan fingerprint density at radius 2 is 1.66 bits per heavy atom. The highest BCUT2D eigenvalue weighted by atomic mass is 16.5. The predicted octanol–water partition coefficient (Wildman–Crippen LogP) is 1.36. The summed E-state index contributed by atoms with van der Waals surface area (Å²) >= 11 is 0. The molecule has 2 aromatic heterocycles. The fourth-order valence-electron chi connectivity index (χ4n) is 4.43. The predicted molar refractivity (Wildman–Crippen MR) is 124 cm³/mol. The third-order valence-electron chi connectivity index (χ3n) is 6.12. The third kappa shape index (κ3) is 3.68. The number of para-hydroxylation sites is 2. The molecule has 9 nitrogen and oxygen atoms in total. The number of nitrogens with zero attached hydrogens (tertiary/aromatic N) is 5. The molecule has 9 heteroatoms. The molecular formula is C23H29N5O4. The fourth-order valence-corrected chi connectivity index (χ4v) is 4.43. The van der Waals surface area contributed by atoms with Gasteiger partial charge in [0.2, 0.25) is 5.91 Å². The SMILES string of the molecule is CCn1c(=O)c2ccn(CC(=O)N3CCN(c4ccccc4OC)CC3)c2n(CC)c1=O. The third-order valence-corrected chi connectivity index (χ3v) is 6.12. The van der Waals surface area contributed by atoms with Crippen molar-refractivity contribution < 1.29 is 9.53 Å². The van der Waals surface area contributed by atoms with E-state index in [1.54, 1.807) is 35.4 Å². The molecule has 0 radical (unpaired) electrons. The van der Waals surface area contributed by atoms with Crippen LogP contribution in [0.25, 0.3) is 11.0 Å². The van der Waals surface area contributed by atoms with Crippen molar-refractivity contribution in [1.29, 1.82) is 0 Å². The average Bonchev–Trinajstić information content (AvgIpc) is 3.23. The number of hydrogen-bond acceptors (Lipinski definition) is 5. The number of anilines is 1. The van der Waals surface area contributed by atoms with Gasteiger partial charge in [-0.3, -0.25) is 18.7 Å². The first-order valence-electron chi connectivity index (χ1n) is 11.0. The molecule has 1 aromatic carbocycles. The van der Waals surface area contributed by atoms with Crippen molar-refractivity contribution in [3.8, 4) is 5.75 Å². The summed E-state index contributed by atoms with van der Waals surface area (Å²) in [6.45, 7) is 7.07. The summed E-state index contributed by atoms with van der Waals surface area (Å²) in [6, 6.07) is 9.57. The Morgan fingerprint density at radius 1 is 0.969 bits per heavy atom. The molecule has 32 heavy (non-hydrogen) atoms. The summed E-state index contributed by atoms with van der Waals surface area (Å²) in [5.74, 6) is 0.790. The molecule has 0 N–H and O–H groups in total. The second-order valence-electron chi connectivity index (χ2n) is 7.80. The fraction of sp³-hybridized carbons (Fsp3) is 0.435. The largest absolute Gasteiger partial charge is 0.495 e. The lowest BCUT2D eigenvalue weighted by molar-refractivity contribution is -0.132. The van der Waals surface area contributed by atoms with Crippen LogP contribution in [-0.4, -0.2) is 57.8 Å². The van der Waals surface area contributed by atoms with Gasteiger partial charge in [0.25, 0.3) is 5.56 Å². The van der Waals surface area contributed by atoms with Gasteiger partial charge < -0.3 is 19.1 Å². The Kier molecular flexibility index (Phi) is 6.07. The summed E-state index contributed by atoms with van der Waals surface area (Å²) in [6.07, 6.45) is 1.72. The summed E-state index contributed by atoms with van der Waals surface area (Å²) in [4.78, 5) is 42.5. The number of methoxy groups -OCH3 is 1. The molecule has 1 fully saturated rings. The standard InChI is InChI=1S/C23H29N5O4/c1-4-27-21-17(22(30)28(5-2)23(27)31)10-11-26(21)16-20(29)25-14-12-24(13-15-25)18-8-6-7-9-19(18)32-3/h6-11H,4-5,12-16H2,1-3H3. The number of amides is 1. The van der Waals surface area contributed by atoms with E-state index in [0.717, 1.165) is 11.4 Å². The van der Waals surface area contributed by atoms with Crippen molar-refractivity contribution in [2.75, 3.05) is 38.2 Å². The Morgan fingerprint density at radius 3 is 2.31 bits per heavy atom. The molecule has 1 amide bonds. The zero-order chi connectivity index (χ0) is 22.8. The van der Waals surface area contributed by atoms with Crippen LogP contribution in [0.5, 0.6) is 5.75 Å². The molecule has 1 saturated heterocycles. The van der Waals surface area contributed by atoms with Crippen molar-refractivity contribution in [2.24, 2.45) is 0 Å². The van der Waals surface area contributed by atoms with Gasteiger partial charge >= 0.3 is 5.69 Å². The summed E-state index contributed by atoms with van der Waals surface area (Å²) in [5.41, 5.74) is 0.880. The molecule has 3 aromatic rings. The first-order chi connectivity index (χ1) is 15.5. The van der Waals surface area contributed by atoms with Crippen LogP contribution in [0.2, 0.25) is 0 Å². The zero-order valence-electron chi connectivity index (χ0n) is 18.8. The number of carbonyl (C=O) groups excluding carboxylic acids is 1. The molecule has 0 unspecified atom stereocenters. The molecule has 3 heterocycles. The molecule has 0 aliphatic carbocycles. The maximum absolute atomic E-state index is 13.1. The van der Waals surface area contributed by atoms with Crippen LogP contribution in [-0.2, 0) is 24.4 Å². The smallest absolute Gasteiger partial charge is 0.332 e. The van der Waals surface area contributed by atoms with Gasteiger partial charge in [-0.05, 0) is 32.0 Å². The lowest BCUT2D eigenvalue weighted by Gasteiger charge is -2.36. The number of ether oxygens (including phenoxy) is 1. The Labute approximate surface area is 186 Å². The Bertz CT molecular complexity index is 1250. The van der Waals surface area contributed by atoms with Gasteiger partial charge in [0.1, 0.15) is 17.9 Å². The van der Waals surface area contributed by atoms with E-state index in [1.807, 2.05) is 36.1 Å². The van der Waals surface area contributed by atoms with Crippen molar-refractivity contribution >= 4 is 22.6 Å². The molecule has 170 valence electrons. The normalized spacial score (nSPS) is 14.2. The quantitative estimate of drug-likeness (QED) is 0.579. The highest BCUT2D eigenvalue weighted by molar-refractivity contribution is 5.81. The van der Waals surface area contributed by atoms with Crippen LogP contribution in [0.15, 0.2) is 46.1 Å². The lowest BCUT2D eigenvalue weighted by atomic mass is 10.2. The van der Waals surface area contributed by atoms with Gasteiger partial charge in [0, 0.05) is 45.5 Å². The summed E-state index contributed by atoms with van der Waals surface area (Å²) < 4.78 is 9.97. The van der Waals surface area contributed by atoms with Gasteiger partial charge in [-0.1, -0.05) is 12.1 Å². The van der Waals surface area contributed by atoms with Gasteiger partial charge in [0.05, 0.1) is 18.2 Å². The van der Waals surface area contributed by atoms with Gasteiger partial charge in [0.15, 0.2) is 0 Å². The van der Waals surface area contributed by atoms with E-state index in [1.165, 1.54) is 4.57 Å². The molecule has 4 rings (SSSR count). The van der Waals surface area contributed by atoms with Crippen LogP contribution in [0, 0.1) is 0 Å². The maximum Gasteiger partial charge on any atom is 0.332 e. The van der Waals surface area contributed by atoms with Crippen molar-refractivity contribution in [2.45, 2.75) is 33.5 Å². The van der Waals surface area contributed by atoms with E-state index in [9.17, 15) is 14.4 Å². The highest BCUT2D eigenvalue weighted by Gasteiger charge is 2.24. The lowest BCUT2D eigenvalue weighted by Crippen LogP contribution is -2.49. The summed E-state index contributed by atoms with van der Waals surface area (Å²) in [7, 11) is 1.66. The summed E-state index contributed by atoms with van der Waals surface area (Å²) in [5, 5.41) is 0.460. The van der Waals surface area contributed by atoms with E-state index < -0.39 is 0 Å². The van der Waals surface area contributed by atoms with E-state index in [0.29, 0.717) is 50.3 Å². The molecule has 1 aliphatic heterocycles. The van der Waals surface area contributed by atoms with Gasteiger partial charge in [-0.25, -0.2) is 4.79 Å². The highest BCUT2D eigenvalue weighted by Crippen LogP contribution is 2.28. The zero-order valence-corrected chi connectivity index (χ0v) is 18.8. The Hall–Kier alpha value is -3.49. The second kappa shape index (κ2) is 8.94. The van der Waals surface area contributed by atoms with E-state index in [4.69, 9.17) is 4.74 Å². The minimum absolute atomic E-state index is 0.0306. The van der Waals surface area contributed by atoms with Crippen LogP contribution >= 0.6 is 0 Å². The van der Waals surface area contributed by atoms with E-state index in [-0.39, 0.29) is 23.7 Å². The number of rotatable bonds is 6. The Balaban J connectivity index is 1.53. The number of hydrogen-bond donors (Lipinski definition) is 0. The first kappa shape index (κ1) is 21.7. The minimum Gasteiger partial charge on any atom is -0.495 e. The molecule has 0 saturated carbocycles. The van der Waals surface area contributed by atoms with Gasteiger partial charge in [-0.15, -0.1) is 0 Å². The maximum atomic E-state index is 13.1. The number of piperazine rings is 1. The number of aryl methyl sites for hydroxylation is 1. The van der Waals surface area contributed by atoms with Gasteiger partial charge in [-0.2, -0.15) is 0 Å². The van der Waals surface area contributed by atoms with E-state index >= 15 is 0 Å². The average molecular weight is 440 g/mol. The van der Waals surface area contributed by atoms with Crippen LogP contribution in [0.3, 0.4) is 0 Å². The molecule has 0 spiro atoms. The first-order valence-corrected chi connectivity index (χ1v) is 11.0. The molecule has 0 atom stereocenters. The number of fused-ring (bicyclic) bond motifs is 1. The molecule has 0 bridgehead atoms. The van der Waals surface area contributed by atoms with Crippen molar-refractivity contribution in [1.82, 2.24) is 18.6 Å². The van der Waals surface area contributed by atoms with Crippen molar-refractivity contribution in [3.05, 3.63) is 57.4 Å². The van der Waals surface area contributed by atoms with Crippen molar-refractivity contribution in [3.63, 3.8) is 0 Å². The number of benzene rings is 1. The minimum atomic E-state index is -0.342. The number of aromatic nitrogens is 3. The number of carbonyl (C=O) groups is 1.